The zero-order chi connectivity index (χ0) is 25.2. The molecule has 0 bridgehead atoms. The van der Waals surface area contributed by atoms with Crippen LogP contribution in [0.3, 0.4) is 0 Å². The number of carbonyl (C=O) groups excluding carboxylic acids is 1. The Hall–Kier alpha value is -2.79. The van der Waals surface area contributed by atoms with Crippen LogP contribution in [0.25, 0.3) is 16.6 Å². The molecule has 4 aromatic rings. The molecule has 1 N–H and O–H groups in total. The monoisotopic (exact) mass is 519 g/mol. The zero-order valence-corrected chi connectivity index (χ0v) is 22.2. The summed E-state index contributed by atoms with van der Waals surface area (Å²) in [4.78, 5) is 14.6. The maximum Gasteiger partial charge on any atom is 0.226 e. The number of amides is 1. The van der Waals surface area contributed by atoms with Crippen molar-refractivity contribution >= 4 is 45.7 Å². The van der Waals surface area contributed by atoms with Gasteiger partial charge in [-0.15, -0.1) is 0 Å². The van der Waals surface area contributed by atoms with Crippen LogP contribution in [0.5, 0.6) is 0 Å². The number of hydrogen-bond donors (Lipinski definition) is 1. The second-order valence-corrected chi connectivity index (χ2v) is 10.8. The van der Waals surface area contributed by atoms with Crippen LogP contribution in [0, 0.1) is 5.92 Å². The Bertz CT molecular complexity index is 1390. The summed E-state index contributed by atoms with van der Waals surface area (Å²) in [5, 5.41) is 5.35. The van der Waals surface area contributed by atoms with Crippen molar-refractivity contribution < 1.29 is 4.79 Å². The maximum absolute atomic E-state index is 12.1. The minimum absolute atomic E-state index is 0.0238. The number of nitrogens with zero attached hydrogens (tertiary/aromatic N) is 2. The lowest BCUT2D eigenvalue weighted by Crippen LogP contribution is -2.32. The smallest absolute Gasteiger partial charge is 0.226 e. The van der Waals surface area contributed by atoms with Gasteiger partial charge in [0.15, 0.2) is 0 Å². The van der Waals surface area contributed by atoms with Crippen LogP contribution >= 0.6 is 23.2 Å². The molecule has 6 heteroatoms. The predicted molar refractivity (Wildman–Crippen MR) is 150 cm³/mol. The molecule has 36 heavy (non-hydrogen) atoms. The lowest BCUT2D eigenvalue weighted by molar-refractivity contribution is -0.118. The minimum atomic E-state index is -0.0238. The van der Waals surface area contributed by atoms with E-state index in [2.05, 4.69) is 63.4 Å². The maximum atomic E-state index is 12.1. The van der Waals surface area contributed by atoms with E-state index < -0.39 is 0 Å². The highest BCUT2D eigenvalue weighted by atomic mass is 35.5. The van der Waals surface area contributed by atoms with E-state index in [-0.39, 0.29) is 11.8 Å². The van der Waals surface area contributed by atoms with Crippen LogP contribution in [0.4, 0.5) is 5.69 Å². The summed E-state index contributed by atoms with van der Waals surface area (Å²) < 4.78 is 2.09. The standard InChI is InChI=1S/C30H31Cl2N3O/c1-20(2)30(36)33-25-6-3-5-23(18-25)22-11-14-34(15-12-22)19-21-9-10-27-24(17-21)13-16-35(27)28-8-4-7-26(31)29(28)32/h3-10,13,16-18,20,22H,11-12,14-15,19H2,1-2H3,(H,33,36). The van der Waals surface area contributed by atoms with Gasteiger partial charge in [-0.3, -0.25) is 9.69 Å². The number of halogens is 2. The molecule has 1 aromatic heterocycles. The quantitative estimate of drug-likeness (QED) is 0.281. The average Bonchev–Trinajstić information content (AvgIpc) is 3.29. The summed E-state index contributed by atoms with van der Waals surface area (Å²) >= 11 is 12.7. The molecule has 1 aliphatic rings. The second kappa shape index (κ2) is 10.7. The molecule has 186 valence electrons. The number of likely N-dealkylation sites (tertiary alicyclic amines) is 1. The lowest BCUT2D eigenvalue weighted by Gasteiger charge is -2.32. The molecule has 4 nitrogen and oxygen atoms in total. The number of rotatable bonds is 6. The van der Waals surface area contributed by atoms with E-state index in [0.717, 1.165) is 49.4 Å². The Morgan fingerprint density at radius 2 is 1.78 bits per heavy atom. The lowest BCUT2D eigenvalue weighted by atomic mass is 9.89. The molecule has 3 aromatic carbocycles. The van der Waals surface area contributed by atoms with Crippen LogP contribution in [0.1, 0.15) is 43.7 Å². The van der Waals surface area contributed by atoms with Crippen molar-refractivity contribution in [3.8, 4) is 5.69 Å². The molecule has 0 spiro atoms. The van der Waals surface area contributed by atoms with E-state index in [1.54, 1.807) is 0 Å². The van der Waals surface area contributed by atoms with Crippen molar-refractivity contribution in [1.82, 2.24) is 9.47 Å². The molecule has 0 atom stereocenters. The Labute approximate surface area is 222 Å². The summed E-state index contributed by atoms with van der Waals surface area (Å²) in [6, 6.07) is 22.9. The van der Waals surface area contributed by atoms with Gasteiger partial charge in [0.25, 0.3) is 0 Å². The van der Waals surface area contributed by atoms with Crippen LogP contribution in [-0.4, -0.2) is 28.5 Å². The number of anilines is 1. The first kappa shape index (κ1) is 24.9. The molecular weight excluding hydrogens is 489 g/mol. The summed E-state index contributed by atoms with van der Waals surface area (Å²) in [7, 11) is 0. The summed E-state index contributed by atoms with van der Waals surface area (Å²) in [5.74, 6) is 0.561. The van der Waals surface area contributed by atoms with E-state index in [1.165, 1.54) is 16.5 Å². The Balaban J connectivity index is 1.23. The fourth-order valence-electron chi connectivity index (χ4n) is 5.02. The number of nitrogens with one attached hydrogen (secondary N) is 1. The Morgan fingerprint density at radius 3 is 2.56 bits per heavy atom. The average molecular weight is 521 g/mol. The first-order valence-electron chi connectivity index (χ1n) is 12.6. The molecule has 0 aliphatic carbocycles. The topological polar surface area (TPSA) is 37.3 Å². The fraction of sp³-hybridized carbons (Fsp3) is 0.300. The normalized spacial score (nSPS) is 15.0. The third-order valence-corrected chi connectivity index (χ3v) is 7.90. The van der Waals surface area contributed by atoms with Crippen molar-refractivity contribution in [3.63, 3.8) is 0 Å². The van der Waals surface area contributed by atoms with Crippen molar-refractivity contribution in [2.75, 3.05) is 18.4 Å². The van der Waals surface area contributed by atoms with Gasteiger partial charge in [0.2, 0.25) is 5.91 Å². The van der Waals surface area contributed by atoms with Crippen molar-refractivity contribution in [2.24, 2.45) is 5.92 Å². The van der Waals surface area contributed by atoms with E-state index in [1.807, 2.05) is 38.1 Å². The molecule has 1 saturated heterocycles. The van der Waals surface area contributed by atoms with Gasteiger partial charge in [-0.2, -0.15) is 0 Å². The number of piperidine rings is 1. The van der Waals surface area contributed by atoms with Crippen LogP contribution < -0.4 is 5.32 Å². The van der Waals surface area contributed by atoms with Gasteiger partial charge in [0.05, 0.1) is 21.2 Å². The van der Waals surface area contributed by atoms with E-state index in [0.29, 0.717) is 16.0 Å². The molecular formula is C30H31Cl2N3O. The third kappa shape index (κ3) is 5.31. The summed E-state index contributed by atoms with van der Waals surface area (Å²) in [5.41, 5.74) is 5.54. The number of fused-ring (bicyclic) bond motifs is 1. The van der Waals surface area contributed by atoms with Gasteiger partial charge in [0, 0.05) is 29.7 Å². The molecule has 5 rings (SSSR count). The van der Waals surface area contributed by atoms with Crippen molar-refractivity contribution in [2.45, 2.75) is 39.2 Å². The third-order valence-electron chi connectivity index (χ3n) is 7.09. The number of aromatic nitrogens is 1. The summed E-state index contributed by atoms with van der Waals surface area (Å²) in [6.45, 7) is 6.89. The highest BCUT2D eigenvalue weighted by Crippen LogP contribution is 2.33. The molecule has 2 heterocycles. The number of benzene rings is 3. The Kier molecular flexibility index (Phi) is 7.38. The number of carbonyl (C=O) groups is 1. The first-order valence-corrected chi connectivity index (χ1v) is 13.3. The van der Waals surface area contributed by atoms with Gasteiger partial charge in [0.1, 0.15) is 0 Å². The van der Waals surface area contributed by atoms with Gasteiger partial charge in [-0.25, -0.2) is 0 Å². The van der Waals surface area contributed by atoms with E-state index >= 15 is 0 Å². The van der Waals surface area contributed by atoms with Crippen LogP contribution in [-0.2, 0) is 11.3 Å². The molecule has 0 saturated carbocycles. The molecule has 0 radical (unpaired) electrons. The van der Waals surface area contributed by atoms with E-state index in [9.17, 15) is 4.79 Å². The Morgan fingerprint density at radius 1 is 1.00 bits per heavy atom. The largest absolute Gasteiger partial charge is 0.326 e. The van der Waals surface area contributed by atoms with Gasteiger partial charge in [-0.05, 0) is 85.4 Å². The predicted octanol–water partition coefficient (Wildman–Crippen LogP) is 7.91. The highest BCUT2D eigenvalue weighted by molar-refractivity contribution is 6.43. The van der Waals surface area contributed by atoms with Crippen LogP contribution in [0.2, 0.25) is 10.0 Å². The number of hydrogen-bond acceptors (Lipinski definition) is 2. The first-order chi connectivity index (χ1) is 17.4. The SMILES string of the molecule is CC(C)C(=O)Nc1cccc(C2CCN(Cc3ccc4c(ccn4-c4cccc(Cl)c4Cl)c3)CC2)c1. The fourth-order valence-corrected chi connectivity index (χ4v) is 5.41. The van der Waals surface area contributed by atoms with Gasteiger partial charge in [-0.1, -0.05) is 61.3 Å². The van der Waals surface area contributed by atoms with Crippen molar-refractivity contribution in [1.29, 1.82) is 0 Å². The molecule has 1 fully saturated rings. The highest BCUT2D eigenvalue weighted by Gasteiger charge is 2.21. The van der Waals surface area contributed by atoms with E-state index in [4.69, 9.17) is 23.2 Å². The second-order valence-electron chi connectivity index (χ2n) is 9.97. The van der Waals surface area contributed by atoms with Crippen molar-refractivity contribution in [3.05, 3.63) is 94.1 Å². The van der Waals surface area contributed by atoms with Gasteiger partial charge < -0.3 is 9.88 Å². The molecule has 1 aliphatic heterocycles. The molecule has 1 amide bonds. The minimum Gasteiger partial charge on any atom is -0.326 e. The molecule has 0 unspecified atom stereocenters. The summed E-state index contributed by atoms with van der Waals surface area (Å²) in [6.07, 6.45) is 4.29. The zero-order valence-electron chi connectivity index (χ0n) is 20.7. The van der Waals surface area contributed by atoms with Crippen LogP contribution in [0.15, 0.2) is 72.9 Å². The van der Waals surface area contributed by atoms with Gasteiger partial charge >= 0.3 is 0 Å².